The van der Waals surface area contributed by atoms with Crippen LogP contribution in [0.25, 0.3) is 0 Å². The van der Waals surface area contributed by atoms with Gasteiger partial charge in [0.05, 0.1) is 0 Å². The largest absolute Gasteiger partial charge is 0.295 e. The summed E-state index contributed by atoms with van der Waals surface area (Å²) in [5.41, 5.74) is 2.34. The number of hydrogen-bond acceptors (Lipinski definition) is 1. The van der Waals surface area contributed by atoms with Gasteiger partial charge in [-0.2, -0.15) is 0 Å². The lowest BCUT2D eigenvalue weighted by molar-refractivity contribution is -0.117. The Morgan fingerprint density at radius 3 is 2.47 bits per heavy atom. The fourth-order valence-corrected chi connectivity index (χ4v) is 8.75. The van der Waals surface area contributed by atoms with E-state index in [-0.39, 0.29) is 0 Å². The minimum atomic E-state index is 0.313. The molecule has 3 saturated carbocycles. The van der Waals surface area contributed by atoms with E-state index in [1.54, 1.807) is 0 Å². The lowest BCUT2D eigenvalue weighted by atomic mass is 9.46. The van der Waals surface area contributed by atoms with Gasteiger partial charge in [-0.1, -0.05) is 59.3 Å². The molecule has 8 atom stereocenters. The van der Waals surface area contributed by atoms with Crippen molar-refractivity contribution < 1.29 is 4.79 Å². The van der Waals surface area contributed by atoms with Crippen LogP contribution >= 0.6 is 0 Å². The fraction of sp³-hybridized carbons (Fsp3) is 0.828. The Labute approximate surface area is 186 Å². The summed E-state index contributed by atoms with van der Waals surface area (Å²) in [7, 11) is 0. The summed E-state index contributed by atoms with van der Waals surface area (Å²) in [6.07, 6.45) is 18.5. The van der Waals surface area contributed by atoms with Crippen molar-refractivity contribution in [3.8, 4) is 0 Å². The van der Waals surface area contributed by atoms with Crippen molar-refractivity contribution in [1.82, 2.24) is 0 Å². The Kier molecular flexibility index (Phi) is 6.15. The van der Waals surface area contributed by atoms with Gasteiger partial charge in [0.2, 0.25) is 0 Å². The summed E-state index contributed by atoms with van der Waals surface area (Å²) < 4.78 is 0. The molecule has 0 radical (unpaired) electrons. The van der Waals surface area contributed by atoms with Crippen LogP contribution in [0, 0.1) is 52.3 Å². The third-order valence-electron chi connectivity index (χ3n) is 10.7. The van der Waals surface area contributed by atoms with Gasteiger partial charge in [-0.05, 0) is 110 Å². The molecular formula is C29H46O. The van der Waals surface area contributed by atoms with E-state index in [9.17, 15) is 4.79 Å². The third-order valence-corrected chi connectivity index (χ3v) is 10.7. The van der Waals surface area contributed by atoms with E-state index in [1.165, 1.54) is 50.5 Å². The van der Waals surface area contributed by atoms with Gasteiger partial charge in [0.15, 0.2) is 5.78 Å². The second-order valence-electron chi connectivity index (χ2n) is 12.3. The quantitative estimate of drug-likeness (QED) is 0.419. The van der Waals surface area contributed by atoms with Gasteiger partial charge in [-0.3, -0.25) is 4.79 Å². The first-order valence-corrected chi connectivity index (χ1v) is 13.1. The van der Waals surface area contributed by atoms with E-state index >= 15 is 0 Å². The SMILES string of the molecule is CC[C@@H](/C=C/[C@@H](C)[C@H]1CC[C@H]2[C@@H]3CCC4=CC(=O)CC[C@]4(C)[C@H]3CC[C@]12C)C(C)C. The van der Waals surface area contributed by atoms with E-state index in [1.807, 2.05) is 0 Å². The van der Waals surface area contributed by atoms with Crippen LogP contribution in [-0.4, -0.2) is 5.78 Å². The van der Waals surface area contributed by atoms with Crippen LogP contribution in [0.5, 0.6) is 0 Å². The number of fused-ring (bicyclic) bond motifs is 5. The first kappa shape index (κ1) is 22.3. The first-order chi connectivity index (χ1) is 14.2. The number of ketones is 1. The normalized spacial score (nSPS) is 43.2. The predicted molar refractivity (Wildman–Crippen MR) is 127 cm³/mol. The van der Waals surface area contributed by atoms with Crippen LogP contribution in [0.2, 0.25) is 0 Å². The molecule has 0 aromatic heterocycles. The Balaban J connectivity index is 1.52. The number of rotatable bonds is 5. The van der Waals surface area contributed by atoms with E-state index < -0.39 is 0 Å². The molecule has 0 aliphatic heterocycles. The Morgan fingerprint density at radius 2 is 1.77 bits per heavy atom. The smallest absolute Gasteiger partial charge is 0.155 e. The number of carbonyl (C=O) groups is 1. The third kappa shape index (κ3) is 3.57. The molecule has 3 fully saturated rings. The molecule has 0 amide bonds. The summed E-state index contributed by atoms with van der Waals surface area (Å²) in [5, 5.41) is 0. The van der Waals surface area contributed by atoms with Gasteiger partial charge >= 0.3 is 0 Å². The van der Waals surface area contributed by atoms with Crippen LogP contribution in [0.1, 0.15) is 99.3 Å². The molecule has 0 N–H and O–H groups in total. The zero-order valence-electron chi connectivity index (χ0n) is 20.5. The second-order valence-corrected chi connectivity index (χ2v) is 12.3. The van der Waals surface area contributed by atoms with Crippen molar-refractivity contribution in [2.75, 3.05) is 0 Å². The van der Waals surface area contributed by atoms with Crippen LogP contribution in [0.4, 0.5) is 0 Å². The molecule has 0 spiro atoms. The standard InChI is InChI=1S/C29H46O/c1-7-21(19(2)3)9-8-20(4)25-12-13-26-24-11-10-22-18-23(30)14-16-28(22,5)27(24)15-17-29(25,26)6/h8-9,18-21,24-27H,7,10-17H2,1-6H3/b9-8+/t20-,21+,24+,25-,26+,27+,28+,29-/m1/s1. The zero-order chi connectivity index (χ0) is 21.7. The van der Waals surface area contributed by atoms with Gasteiger partial charge < -0.3 is 0 Å². The molecule has 4 aliphatic carbocycles. The Hall–Kier alpha value is -0.850. The molecule has 1 nitrogen and oxygen atoms in total. The van der Waals surface area contributed by atoms with Gasteiger partial charge in [0.1, 0.15) is 0 Å². The van der Waals surface area contributed by atoms with Crippen LogP contribution in [-0.2, 0) is 4.79 Å². The fourth-order valence-electron chi connectivity index (χ4n) is 8.75. The van der Waals surface area contributed by atoms with Gasteiger partial charge in [0.25, 0.3) is 0 Å². The van der Waals surface area contributed by atoms with Gasteiger partial charge in [-0.15, -0.1) is 0 Å². The molecule has 0 saturated heterocycles. The zero-order valence-corrected chi connectivity index (χ0v) is 20.5. The summed E-state index contributed by atoms with van der Waals surface area (Å²) in [6, 6.07) is 0. The van der Waals surface area contributed by atoms with Crippen molar-refractivity contribution in [2.24, 2.45) is 52.3 Å². The molecule has 0 heterocycles. The molecule has 0 bridgehead atoms. The Morgan fingerprint density at radius 1 is 1.00 bits per heavy atom. The average molecular weight is 411 g/mol. The van der Waals surface area contributed by atoms with Crippen molar-refractivity contribution in [3.05, 3.63) is 23.8 Å². The van der Waals surface area contributed by atoms with E-state index in [0.717, 1.165) is 48.3 Å². The minimum absolute atomic E-state index is 0.313. The molecule has 30 heavy (non-hydrogen) atoms. The summed E-state index contributed by atoms with van der Waals surface area (Å²) in [5.74, 6) is 6.01. The van der Waals surface area contributed by atoms with Crippen molar-refractivity contribution >= 4 is 5.78 Å². The van der Waals surface area contributed by atoms with Crippen LogP contribution in [0.15, 0.2) is 23.8 Å². The predicted octanol–water partition coefficient (Wildman–Crippen LogP) is 8.01. The van der Waals surface area contributed by atoms with Gasteiger partial charge in [-0.25, -0.2) is 0 Å². The van der Waals surface area contributed by atoms with Crippen molar-refractivity contribution in [1.29, 1.82) is 0 Å². The number of allylic oxidation sites excluding steroid dienone is 3. The second kappa shape index (κ2) is 8.25. The summed E-state index contributed by atoms with van der Waals surface area (Å²) in [6.45, 7) is 14.7. The highest BCUT2D eigenvalue weighted by Crippen LogP contribution is 2.67. The molecule has 4 rings (SSSR count). The highest BCUT2D eigenvalue weighted by atomic mass is 16.1. The number of hydrogen-bond donors (Lipinski definition) is 0. The van der Waals surface area contributed by atoms with Crippen molar-refractivity contribution in [2.45, 2.75) is 99.3 Å². The molecular weight excluding hydrogens is 364 g/mol. The van der Waals surface area contributed by atoms with Gasteiger partial charge in [0, 0.05) is 6.42 Å². The Bertz CT molecular complexity index is 714. The first-order valence-electron chi connectivity index (χ1n) is 13.1. The maximum absolute atomic E-state index is 12.1. The highest BCUT2D eigenvalue weighted by molar-refractivity contribution is 5.91. The number of carbonyl (C=O) groups excluding carboxylic acids is 1. The van der Waals surface area contributed by atoms with Crippen LogP contribution < -0.4 is 0 Å². The van der Waals surface area contributed by atoms with E-state index in [4.69, 9.17) is 0 Å². The van der Waals surface area contributed by atoms with Crippen LogP contribution in [0.3, 0.4) is 0 Å². The summed E-state index contributed by atoms with van der Waals surface area (Å²) >= 11 is 0. The van der Waals surface area contributed by atoms with Crippen molar-refractivity contribution in [3.63, 3.8) is 0 Å². The lowest BCUT2D eigenvalue weighted by Crippen LogP contribution is -2.50. The molecule has 0 unspecified atom stereocenters. The molecule has 1 heteroatoms. The van der Waals surface area contributed by atoms with E-state index in [2.05, 4.69) is 59.8 Å². The monoisotopic (exact) mass is 410 g/mol. The molecule has 168 valence electrons. The topological polar surface area (TPSA) is 17.1 Å². The average Bonchev–Trinajstić information content (AvgIpc) is 3.06. The van der Waals surface area contributed by atoms with E-state index in [0.29, 0.717) is 22.5 Å². The maximum atomic E-state index is 12.1. The molecule has 0 aromatic carbocycles. The summed E-state index contributed by atoms with van der Waals surface area (Å²) in [4.78, 5) is 12.1. The maximum Gasteiger partial charge on any atom is 0.155 e. The lowest BCUT2D eigenvalue weighted by Gasteiger charge is -2.58. The minimum Gasteiger partial charge on any atom is -0.295 e. The molecule has 0 aromatic rings. The molecule has 4 aliphatic rings. The highest BCUT2D eigenvalue weighted by Gasteiger charge is 2.59.